The Balaban J connectivity index is 2.30. The van der Waals surface area contributed by atoms with E-state index in [0.717, 1.165) is 30.3 Å². The summed E-state index contributed by atoms with van der Waals surface area (Å²) in [6, 6.07) is 5.31. The maximum Gasteiger partial charge on any atom is 0.337 e. The number of esters is 1. The third-order valence-electron chi connectivity index (χ3n) is 4.48. The molecule has 22 heavy (non-hydrogen) atoms. The Labute approximate surface area is 128 Å². The molecule has 1 atom stereocenters. The normalized spacial score (nSPS) is 17.3. The number of carbonyl (C=O) groups excluding carboxylic acids is 1. The third-order valence-corrected chi connectivity index (χ3v) is 4.48. The highest BCUT2D eigenvalue weighted by molar-refractivity contribution is 6.04. The van der Waals surface area contributed by atoms with Crippen molar-refractivity contribution in [2.75, 3.05) is 7.11 Å². The van der Waals surface area contributed by atoms with Crippen molar-refractivity contribution in [1.82, 2.24) is 4.57 Å². The molecule has 3 rings (SSSR count). The molecular weight excluding hydrogens is 282 g/mol. The van der Waals surface area contributed by atoms with Crippen molar-refractivity contribution in [2.24, 2.45) is 5.92 Å². The van der Waals surface area contributed by atoms with Crippen LogP contribution in [0.1, 0.15) is 35.0 Å². The van der Waals surface area contributed by atoms with Gasteiger partial charge < -0.3 is 14.4 Å². The molecule has 0 fully saturated rings. The monoisotopic (exact) mass is 301 g/mol. The fraction of sp³-hybridized carbons (Fsp3) is 0.412. The van der Waals surface area contributed by atoms with Gasteiger partial charge in [0.05, 0.1) is 18.2 Å². The van der Waals surface area contributed by atoms with E-state index in [9.17, 15) is 14.7 Å². The number of benzene rings is 1. The molecule has 0 radical (unpaired) electrons. The second-order valence-corrected chi connectivity index (χ2v) is 5.94. The summed E-state index contributed by atoms with van der Waals surface area (Å²) in [5, 5.41) is 10.4. The minimum Gasteiger partial charge on any atom is -0.478 e. The number of nitrogens with zero attached hydrogens (tertiary/aromatic N) is 1. The van der Waals surface area contributed by atoms with Gasteiger partial charge in [0.15, 0.2) is 0 Å². The number of hydrogen-bond donors (Lipinski definition) is 1. The van der Waals surface area contributed by atoms with Gasteiger partial charge in [0.25, 0.3) is 0 Å². The molecule has 0 aliphatic heterocycles. The molecule has 2 aromatic rings. The van der Waals surface area contributed by atoms with E-state index in [2.05, 4.69) is 6.92 Å². The van der Waals surface area contributed by atoms with E-state index >= 15 is 0 Å². The summed E-state index contributed by atoms with van der Waals surface area (Å²) in [7, 11) is 1.35. The molecule has 1 aromatic carbocycles. The zero-order valence-electron chi connectivity index (χ0n) is 12.8. The van der Waals surface area contributed by atoms with Crippen molar-refractivity contribution < 1.29 is 19.4 Å². The summed E-state index contributed by atoms with van der Waals surface area (Å²) in [5.41, 5.74) is 3.14. The summed E-state index contributed by atoms with van der Waals surface area (Å²) < 4.78 is 6.62. The summed E-state index contributed by atoms with van der Waals surface area (Å²) >= 11 is 0. The number of carbonyl (C=O) groups is 2. The molecule has 1 aliphatic carbocycles. The van der Waals surface area contributed by atoms with Crippen molar-refractivity contribution in [1.29, 1.82) is 0 Å². The topological polar surface area (TPSA) is 68.5 Å². The molecule has 0 saturated carbocycles. The molecule has 0 bridgehead atoms. The smallest absolute Gasteiger partial charge is 0.337 e. The van der Waals surface area contributed by atoms with Crippen LogP contribution in [0.3, 0.4) is 0 Å². The molecular formula is C17H19NO4. The van der Waals surface area contributed by atoms with Gasteiger partial charge in [-0.05, 0) is 36.8 Å². The van der Waals surface area contributed by atoms with E-state index in [-0.39, 0.29) is 18.1 Å². The fourth-order valence-electron chi connectivity index (χ4n) is 3.42. The lowest BCUT2D eigenvalue weighted by molar-refractivity contribution is -0.141. The van der Waals surface area contributed by atoms with Gasteiger partial charge in [0.1, 0.15) is 6.54 Å². The van der Waals surface area contributed by atoms with Crippen LogP contribution in [0.25, 0.3) is 10.9 Å². The number of hydrogen-bond acceptors (Lipinski definition) is 3. The Morgan fingerprint density at radius 2 is 2.18 bits per heavy atom. The number of carboxylic acids is 1. The number of ether oxygens (including phenoxy) is 1. The van der Waals surface area contributed by atoms with Crippen LogP contribution in [-0.2, 0) is 28.9 Å². The highest BCUT2D eigenvalue weighted by Gasteiger charge is 2.26. The van der Waals surface area contributed by atoms with Gasteiger partial charge in [-0.3, -0.25) is 4.79 Å². The molecule has 1 unspecified atom stereocenters. The van der Waals surface area contributed by atoms with E-state index in [1.54, 1.807) is 12.1 Å². The first-order valence-corrected chi connectivity index (χ1v) is 7.46. The number of aromatic carboxylic acids is 1. The lowest BCUT2D eigenvalue weighted by Crippen LogP contribution is -2.18. The van der Waals surface area contributed by atoms with Gasteiger partial charge >= 0.3 is 11.9 Å². The van der Waals surface area contributed by atoms with Crippen molar-refractivity contribution in [3.8, 4) is 0 Å². The van der Waals surface area contributed by atoms with Gasteiger partial charge in [-0.1, -0.05) is 19.1 Å². The van der Waals surface area contributed by atoms with E-state index in [1.807, 2.05) is 10.6 Å². The average molecular weight is 301 g/mol. The van der Waals surface area contributed by atoms with Crippen LogP contribution in [0.2, 0.25) is 0 Å². The Kier molecular flexibility index (Phi) is 3.64. The molecule has 1 aromatic heterocycles. The second kappa shape index (κ2) is 5.48. The molecule has 5 nitrogen and oxygen atoms in total. The number of para-hydroxylation sites is 1. The van der Waals surface area contributed by atoms with Gasteiger partial charge in [0, 0.05) is 11.1 Å². The van der Waals surface area contributed by atoms with Crippen LogP contribution < -0.4 is 0 Å². The van der Waals surface area contributed by atoms with Crippen LogP contribution in [0.4, 0.5) is 0 Å². The molecule has 1 aliphatic rings. The Morgan fingerprint density at radius 1 is 1.41 bits per heavy atom. The molecule has 1 heterocycles. The van der Waals surface area contributed by atoms with Gasteiger partial charge in [0.2, 0.25) is 0 Å². The summed E-state index contributed by atoms with van der Waals surface area (Å²) in [4.78, 5) is 23.3. The average Bonchev–Trinajstić information content (AvgIpc) is 2.80. The maximum absolute atomic E-state index is 11.8. The fourth-order valence-corrected chi connectivity index (χ4v) is 3.42. The zero-order chi connectivity index (χ0) is 15.9. The highest BCUT2D eigenvalue weighted by atomic mass is 16.5. The largest absolute Gasteiger partial charge is 0.478 e. The SMILES string of the molecule is COC(=O)Cn1c2c(c3cccc(C(=O)O)c31)CC(C)CC2. The lowest BCUT2D eigenvalue weighted by Gasteiger charge is -2.20. The van der Waals surface area contributed by atoms with E-state index in [1.165, 1.54) is 12.7 Å². The van der Waals surface area contributed by atoms with Crippen molar-refractivity contribution >= 4 is 22.8 Å². The van der Waals surface area contributed by atoms with Gasteiger partial charge in [-0.25, -0.2) is 4.79 Å². The first-order valence-electron chi connectivity index (χ1n) is 7.46. The zero-order valence-corrected chi connectivity index (χ0v) is 12.8. The number of fused-ring (bicyclic) bond motifs is 3. The van der Waals surface area contributed by atoms with Gasteiger partial charge in [-0.2, -0.15) is 0 Å². The first-order chi connectivity index (χ1) is 10.5. The third kappa shape index (κ3) is 2.26. The summed E-state index contributed by atoms with van der Waals surface area (Å²) in [6.45, 7) is 2.26. The predicted molar refractivity (Wildman–Crippen MR) is 82.1 cm³/mol. The standard InChI is InChI=1S/C17H19NO4/c1-10-6-7-14-13(8-10)11-4-3-5-12(17(20)21)16(11)18(14)9-15(19)22-2/h3-5,10H,6-9H2,1-2H3,(H,20,21). The van der Waals surface area contributed by atoms with Crippen LogP contribution in [0.5, 0.6) is 0 Å². The van der Waals surface area contributed by atoms with Crippen molar-refractivity contribution in [2.45, 2.75) is 32.7 Å². The quantitative estimate of drug-likeness (QED) is 0.885. The number of carboxylic acid groups (broad SMARTS) is 1. The van der Waals surface area contributed by atoms with Crippen molar-refractivity contribution in [3.05, 3.63) is 35.0 Å². The molecule has 0 spiro atoms. The van der Waals surface area contributed by atoms with Crippen molar-refractivity contribution in [3.63, 3.8) is 0 Å². The van der Waals surface area contributed by atoms with Crippen LogP contribution in [0.15, 0.2) is 18.2 Å². The van der Waals surface area contributed by atoms with Crippen LogP contribution >= 0.6 is 0 Å². The molecule has 5 heteroatoms. The Bertz CT molecular complexity index is 760. The van der Waals surface area contributed by atoms with Crippen LogP contribution in [-0.4, -0.2) is 28.7 Å². The molecule has 0 saturated heterocycles. The van der Waals surface area contributed by atoms with Crippen LogP contribution in [0, 0.1) is 5.92 Å². The lowest BCUT2D eigenvalue weighted by atomic mass is 9.87. The highest BCUT2D eigenvalue weighted by Crippen LogP contribution is 2.35. The molecule has 116 valence electrons. The number of rotatable bonds is 3. The molecule has 1 N–H and O–H groups in total. The second-order valence-electron chi connectivity index (χ2n) is 5.94. The summed E-state index contributed by atoms with van der Waals surface area (Å²) in [5.74, 6) is -0.767. The summed E-state index contributed by atoms with van der Waals surface area (Å²) in [6.07, 6.45) is 2.83. The number of aromatic nitrogens is 1. The van der Waals surface area contributed by atoms with E-state index < -0.39 is 5.97 Å². The van der Waals surface area contributed by atoms with E-state index in [4.69, 9.17) is 4.74 Å². The van der Waals surface area contributed by atoms with Gasteiger partial charge in [-0.15, -0.1) is 0 Å². The maximum atomic E-state index is 11.8. The number of methoxy groups -OCH3 is 1. The minimum absolute atomic E-state index is 0.0566. The Morgan fingerprint density at radius 3 is 2.86 bits per heavy atom. The van der Waals surface area contributed by atoms with E-state index in [0.29, 0.717) is 11.4 Å². The molecule has 0 amide bonds. The minimum atomic E-state index is -0.973. The predicted octanol–water partition coefficient (Wildman–Crippen LogP) is 2.64. The Hall–Kier alpha value is -2.30. The first kappa shape index (κ1) is 14.6.